The molecule has 4 nitrogen and oxygen atoms in total. The second kappa shape index (κ2) is 4.95. The minimum Gasteiger partial charge on any atom is -0.415 e. The number of rotatable bonds is 2. The second-order valence-corrected chi connectivity index (χ2v) is 5.82. The zero-order valence-electron chi connectivity index (χ0n) is 10.7. The topological polar surface area (TPSA) is 51.8 Å². The quantitative estimate of drug-likeness (QED) is 0.540. The fraction of sp³-hybridized carbons (Fsp3) is 0. The van der Waals surface area contributed by atoms with E-state index in [9.17, 15) is 0 Å². The van der Waals surface area contributed by atoms with Crippen LogP contribution in [-0.4, -0.2) is 15.2 Å². The average Bonchev–Trinajstić information content (AvgIpc) is 3.14. The smallest absolute Gasteiger partial charge is 0.259 e. The van der Waals surface area contributed by atoms with Crippen molar-refractivity contribution in [3.8, 4) is 22.2 Å². The molecule has 4 aromatic rings. The molecule has 3 aromatic heterocycles. The van der Waals surface area contributed by atoms with E-state index in [1.165, 1.54) is 0 Å². The minimum atomic E-state index is 0.438. The van der Waals surface area contributed by atoms with Crippen LogP contribution in [0.2, 0.25) is 5.02 Å². The molecule has 0 aliphatic carbocycles. The maximum absolute atomic E-state index is 6.42. The summed E-state index contributed by atoms with van der Waals surface area (Å²) < 4.78 is 6.84. The molecule has 0 saturated heterocycles. The third-order valence-electron chi connectivity index (χ3n) is 3.08. The van der Waals surface area contributed by atoms with Gasteiger partial charge in [-0.25, -0.2) is 0 Å². The van der Waals surface area contributed by atoms with Gasteiger partial charge >= 0.3 is 0 Å². The molecule has 0 aliphatic heterocycles. The molecule has 4 rings (SSSR count). The van der Waals surface area contributed by atoms with Crippen LogP contribution in [0.15, 0.2) is 53.2 Å². The van der Waals surface area contributed by atoms with E-state index in [4.69, 9.17) is 16.0 Å². The van der Waals surface area contributed by atoms with E-state index in [0.29, 0.717) is 16.8 Å². The Morgan fingerprint density at radius 3 is 2.52 bits per heavy atom. The van der Waals surface area contributed by atoms with E-state index in [0.717, 1.165) is 20.5 Å². The van der Waals surface area contributed by atoms with Crippen LogP contribution in [0.1, 0.15) is 0 Å². The van der Waals surface area contributed by atoms with Crippen molar-refractivity contribution in [3.63, 3.8) is 0 Å². The summed E-state index contributed by atoms with van der Waals surface area (Å²) >= 11 is 7.96. The lowest BCUT2D eigenvalue weighted by Crippen LogP contribution is -1.77. The van der Waals surface area contributed by atoms with Crippen LogP contribution in [-0.2, 0) is 0 Å². The number of benzene rings is 1. The lowest BCUT2D eigenvalue weighted by molar-refractivity contribution is 0.586. The third-order valence-corrected chi connectivity index (χ3v) is 4.74. The Balaban J connectivity index is 1.83. The first-order chi connectivity index (χ1) is 10.3. The molecule has 0 unspecified atom stereocenters. The van der Waals surface area contributed by atoms with Gasteiger partial charge in [0.15, 0.2) is 0 Å². The summed E-state index contributed by atoms with van der Waals surface area (Å²) in [6, 6.07) is 11.6. The van der Waals surface area contributed by atoms with Crippen LogP contribution in [0.25, 0.3) is 32.3 Å². The zero-order valence-corrected chi connectivity index (χ0v) is 12.2. The first kappa shape index (κ1) is 12.5. The second-order valence-electron chi connectivity index (χ2n) is 4.39. The molecular weight excluding hydrogens is 306 g/mol. The molecule has 21 heavy (non-hydrogen) atoms. The van der Waals surface area contributed by atoms with Crippen molar-refractivity contribution in [1.29, 1.82) is 0 Å². The standard InChI is InChI=1S/C15H8ClN3OS/c16-12-10-3-1-2-4-11(10)21-13(12)15-19-18-14(20-15)9-5-7-17-8-6-9/h1-8H. The van der Waals surface area contributed by atoms with Crippen LogP contribution in [0.4, 0.5) is 0 Å². The molecular formula is C15H8ClN3OS. The number of thiophene rings is 1. The molecule has 0 saturated carbocycles. The maximum Gasteiger partial charge on any atom is 0.259 e. The van der Waals surface area contributed by atoms with Gasteiger partial charge in [0.2, 0.25) is 5.89 Å². The van der Waals surface area contributed by atoms with Gasteiger partial charge in [0, 0.05) is 28.0 Å². The monoisotopic (exact) mass is 313 g/mol. The number of fused-ring (bicyclic) bond motifs is 1. The van der Waals surface area contributed by atoms with Crippen LogP contribution in [0.3, 0.4) is 0 Å². The fourth-order valence-corrected chi connectivity index (χ4v) is 3.51. The molecule has 1 aromatic carbocycles. The van der Waals surface area contributed by atoms with E-state index in [-0.39, 0.29) is 0 Å². The summed E-state index contributed by atoms with van der Waals surface area (Å²) in [7, 11) is 0. The average molecular weight is 314 g/mol. The molecule has 0 spiro atoms. The summed E-state index contributed by atoms with van der Waals surface area (Å²) in [5.41, 5.74) is 0.834. The van der Waals surface area contributed by atoms with Crippen LogP contribution in [0, 0.1) is 0 Å². The van der Waals surface area contributed by atoms with E-state index in [2.05, 4.69) is 15.2 Å². The molecule has 0 N–H and O–H groups in total. The predicted octanol–water partition coefficient (Wildman–Crippen LogP) is 4.67. The SMILES string of the molecule is Clc1c(-c2nnc(-c3ccncc3)o2)sc2ccccc12. The Morgan fingerprint density at radius 1 is 0.952 bits per heavy atom. The Bertz CT molecular complexity index is 917. The maximum atomic E-state index is 6.42. The first-order valence-corrected chi connectivity index (χ1v) is 7.43. The van der Waals surface area contributed by atoms with E-state index < -0.39 is 0 Å². The summed E-state index contributed by atoms with van der Waals surface area (Å²) in [5, 5.41) is 9.84. The number of nitrogens with zero attached hydrogens (tertiary/aromatic N) is 3. The molecule has 6 heteroatoms. The lowest BCUT2D eigenvalue weighted by Gasteiger charge is -1.92. The van der Waals surface area contributed by atoms with E-state index in [1.807, 2.05) is 36.4 Å². The normalized spacial score (nSPS) is 11.1. The summed E-state index contributed by atoms with van der Waals surface area (Å²) in [4.78, 5) is 4.77. The van der Waals surface area contributed by atoms with Gasteiger partial charge < -0.3 is 4.42 Å². The molecule has 0 aliphatic rings. The molecule has 3 heterocycles. The highest BCUT2D eigenvalue weighted by molar-refractivity contribution is 7.23. The highest BCUT2D eigenvalue weighted by atomic mass is 35.5. The highest BCUT2D eigenvalue weighted by Crippen LogP contribution is 2.41. The number of pyridine rings is 1. The molecule has 102 valence electrons. The highest BCUT2D eigenvalue weighted by Gasteiger charge is 2.18. The fourth-order valence-electron chi connectivity index (χ4n) is 2.08. The summed E-state index contributed by atoms with van der Waals surface area (Å²) in [6.07, 6.45) is 3.37. The number of hydrogen-bond acceptors (Lipinski definition) is 5. The Labute approximate surface area is 129 Å². The van der Waals surface area contributed by atoms with Gasteiger partial charge in [-0.05, 0) is 18.2 Å². The van der Waals surface area contributed by atoms with Crippen molar-refractivity contribution in [2.75, 3.05) is 0 Å². The molecule has 0 bridgehead atoms. The van der Waals surface area contributed by atoms with Gasteiger partial charge in [0.1, 0.15) is 4.88 Å². The zero-order chi connectivity index (χ0) is 14.2. The van der Waals surface area contributed by atoms with Crippen molar-refractivity contribution >= 4 is 33.0 Å². The van der Waals surface area contributed by atoms with Crippen molar-refractivity contribution in [3.05, 3.63) is 53.8 Å². The van der Waals surface area contributed by atoms with Gasteiger partial charge in [-0.1, -0.05) is 29.8 Å². The Kier molecular flexibility index (Phi) is 2.94. The Hall–Kier alpha value is -2.24. The van der Waals surface area contributed by atoms with Crippen molar-refractivity contribution in [2.45, 2.75) is 0 Å². The van der Waals surface area contributed by atoms with Gasteiger partial charge in [-0.2, -0.15) is 0 Å². The number of aromatic nitrogens is 3. The minimum absolute atomic E-state index is 0.438. The molecule has 0 fully saturated rings. The van der Waals surface area contributed by atoms with Crippen LogP contribution in [0.5, 0.6) is 0 Å². The van der Waals surface area contributed by atoms with Gasteiger partial charge in [0.25, 0.3) is 5.89 Å². The number of halogens is 1. The molecule has 0 atom stereocenters. The van der Waals surface area contributed by atoms with E-state index in [1.54, 1.807) is 23.7 Å². The van der Waals surface area contributed by atoms with E-state index >= 15 is 0 Å². The number of hydrogen-bond donors (Lipinski definition) is 0. The van der Waals surface area contributed by atoms with Gasteiger partial charge in [-0.3, -0.25) is 4.98 Å². The van der Waals surface area contributed by atoms with Crippen molar-refractivity contribution < 1.29 is 4.42 Å². The lowest BCUT2D eigenvalue weighted by atomic mass is 10.2. The predicted molar refractivity (Wildman–Crippen MR) is 83.4 cm³/mol. The first-order valence-electron chi connectivity index (χ1n) is 6.24. The van der Waals surface area contributed by atoms with Crippen molar-refractivity contribution in [2.24, 2.45) is 0 Å². The molecule has 0 radical (unpaired) electrons. The third kappa shape index (κ3) is 2.11. The summed E-state index contributed by atoms with van der Waals surface area (Å²) in [6.45, 7) is 0. The Morgan fingerprint density at radius 2 is 1.71 bits per heavy atom. The van der Waals surface area contributed by atoms with Crippen molar-refractivity contribution in [1.82, 2.24) is 15.2 Å². The van der Waals surface area contributed by atoms with Crippen LogP contribution < -0.4 is 0 Å². The summed E-state index contributed by atoms with van der Waals surface area (Å²) in [5.74, 6) is 0.897. The van der Waals surface area contributed by atoms with Crippen LogP contribution >= 0.6 is 22.9 Å². The van der Waals surface area contributed by atoms with Gasteiger partial charge in [0.05, 0.1) is 5.02 Å². The molecule has 0 amide bonds. The van der Waals surface area contributed by atoms with Gasteiger partial charge in [-0.15, -0.1) is 21.5 Å². The largest absolute Gasteiger partial charge is 0.415 e.